The largest absolute Gasteiger partial charge is 0.350 e. The molecule has 3 aromatic rings. The molecule has 0 atom stereocenters. The fourth-order valence-corrected chi connectivity index (χ4v) is 2.18. The third kappa shape index (κ3) is 2.45. The smallest absolute Gasteiger partial charge is 0.266 e. The molecule has 3 heterocycles. The Morgan fingerprint density at radius 1 is 1.10 bits per heavy atom. The second kappa shape index (κ2) is 5.34. The van der Waals surface area contributed by atoms with Gasteiger partial charge in [-0.3, -0.25) is 9.20 Å². The first-order chi connectivity index (χ1) is 10.1. The van der Waals surface area contributed by atoms with Gasteiger partial charge in [-0.15, -0.1) is 5.10 Å². The number of aryl methyl sites for hydroxylation is 2. The number of hydrogen-bond donors (Lipinski definition) is 0. The molecular weight excluding hydrogens is 317 g/mol. The average Bonchev–Trinajstić information content (AvgIpc) is 2.81. The summed E-state index contributed by atoms with van der Waals surface area (Å²) in [5.74, 6) is 0. The molecule has 21 heavy (non-hydrogen) atoms. The van der Waals surface area contributed by atoms with Crippen molar-refractivity contribution in [3.63, 3.8) is 0 Å². The summed E-state index contributed by atoms with van der Waals surface area (Å²) in [7, 11) is 0. The van der Waals surface area contributed by atoms with Gasteiger partial charge in [0.2, 0.25) is 0 Å². The fourth-order valence-electron chi connectivity index (χ4n) is 1.91. The van der Waals surface area contributed by atoms with Crippen molar-refractivity contribution < 1.29 is 0 Å². The topological polar surface area (TPSA) is 74.2 Å². The number of rotatable bonds is 3. The Morgan fingerprint density at radius 3 is 2.62 bits per heavy atom. The summed E-state index contributed by atoms with van der Waals surface area (Å²) in [6.45, 7) is 0.366. The van der Waals surface area contributed by atoms with Gasteiger partial charge in [-0.1, -0.05) is 29.3 Å². The van der Waals surface area contributed by atoms with Crippen LogP contribution in [0.25, 0.3) is 5.65 Å². The number of halogens is 2. The van der Waals surface area contributed by atoms with Gasteiger partial charge in [0.1, 0.15) is 5.02 Å². The molecule has 0 amide bonds. The van der Waals surface area contributed by atoms with E-state index in [0.29, 0.717) is 5.65 Å². The summed E-state index contributed by atoms with van der Waals surface area (Å²) in [5, 5.41) is 8.05. The van der Waals surface area contributed by atoms with Gasteiger partial charge >= 0.3 is 5.69 Å². The quantitative estimate of drug-likeness (QED) is 0.721. The highest BCUT2D eigenvalue weighted by molar-refractivity contribution is 6.41. The van der Waals surface area contributed by atoms with E-state index in [2.05, 4.69) is 10.2 Å². The lowest BCUT2D eigenvalue weighted by Gasteiger charge is -2.04. The average molecular weight is 326 g/mol. The normalized spacial score (nSPS) is 11.1. The Labute approximate surface area is 128 Å². The summed E-state index contributed by atoms with van der Waals surface area (Å²) in [4.78, 5) is 23.9. The van der Waals surface area contributed by atoms with E-state index in [1.165, 1.54) is 15.3 Å². The van der Waals surface area contributed by atoms with Crippen LogP contribution >= 0.6 is 23.2 Å². The third-order valence-electron chi connectivity index (χ3n) is 2.95. The van der Waals surface area contributed by atoms with Crippen LogP contribution < -0.4 is 11.2 Å². The number of nitrogens with zero attached hydrogens (tertiary/aromatic N) is 5. The Morgan fingerprint density at radius 2 is 1.86 bits per heavy atom. The lowest BCUT2D eigenvalue weighted by molar-refractivity contribution is 0.473. The van der Waals surface area contributed by atoms with Gasteiger partial charge in [-0.25, -0.2) is 14.2 Å². The van der Waals surface area contributed by atoms with Crippen molar-refractivity contribution >= 4 is 28.8 Å². The van der Waals surface area contributed by atoms with Crippen molar-refractivity contribution in [2.45, 2.75) is 13.1 Å². The molecule has 0 unspecified atom stereocenters. The summed E-state index contributed by atoms with van der Waals surface area (Å²) >= 11 is 11.5. The molecule has 0 spiro atoms. The van der Waals surface area contributed by atoms with Crippen LogP contribution in [0.3, 0.4) is 0 Å². The van der Waals surface area contributed by atoms with E-state index in [1.807, 2.05) is 0 Å². The Hall–Kier alpha value is -2.12. The van der Waals surface area contributed by atoms with Gasteiger partial charge in [0.25, 0.3) is 5.56 Å². The number of pyridine rings is 1. The van der Waals surface area contributed by atoms with E-state index >= 15 is 0 Å². The molecule has 9 heteroatoms. The number of fused-ring (bicyclic) bond motifs is 1. The fraction of sp³-hybridized carbons (Fsp3) is 0.167. The van der Waals surface area contributed by atoms with Crippen LogP contribution in [0.2, 0.25) is 10.0 Å². The summed E-state index contributed by atoms with van der Waals surface area (Å²) in [6.07, 6.45) is 2.92. The maximum atomic E-state index is 12.1. The highest BCUT2D eigenvalue weighted by atomic mass is 35.5. The first-order valence-corrected chi connectivity index (χ1v) is 6.79. The van der Waals surface area contributed by atoms with Crippen LogP contribution in [0.15, 0.2) is 40.2 Å². The van der Waals surface area contributed by atoms with Crippen molar-refractivity contribution in [3.8, 4) is 0 Å². The van der Waals surface area contributed by atoms with Crippen molar-refractivity contribution in [1.82, 2.24) is 24.0 Å². The van der Waals surface area contributed by atoms with Gasteiger partial charge in [0.05, 0.1) is 24.3 Å². The van der Waals surface area contributed by atoms with E-state index in [9.17, 15) is 9.59 Å². The first kappa shape index (κ1) is 13.8. The zero-order valence-corrected chi connectivity index (χ0v) is 12.1. The maximum absolute atomic E-state index is 12.1. The van der Waals surface area contributed by atoms with Crippen molar-refractivity contribution in [3.05, 3.63) is 61.5 Å². The van der Waals surface area contributed by atoms with E-state index < -0.39 is 5.56 Å². The van der Waals surface area contributed by atoms with Crippen molar-refractivity contribution in [2.75, 3.05) is 0 Å². The minimum atomic E-state index is -0.499. The summed E-state index contributed by atoms with van der Waals surface area (Å²) in [5.41, 5.74) is -0.239. The highest BCUT2D eigenvalue weighted by Gasteiger charge is 2.09. The molecule has 3 aromatic heterocycles. The molecular formula is C12H9Cl2N5O2. The lowest BCUT2D eigenvalue weighted by Crippen LogP contribution is -2.29. The van der Waals surface area contributed by atoms with E-state index in [4.69, 9.17) is 23.2 Å². The molecule has 0 aliphatic carbocycles. The molecule has 0 aliphatic rings. The predicted octanol–water partition coefficient (Wildman–Crippen LogP) is 1.06. The van der Waals surface area contributed by atoms with Crippen LogP contribution in [-0.4, -0.2) is 24.0 Å². The minimum absolute atomic E-state index is 0.0889. The van der Waals surface area contributed by atoms with Crippen LogP contribution in [-0.2, 0) is 13.1 Å². The van der Waals surface area contributed by atoms with E-state index in [-0.39, 0.29) is 28.8 Å². The third-order valence-corrected chi connectivity index (χ3v) is 3.70. The molecule has 108 valence electrons. The molecule has 0 radical (unpaired) electrons. The van der Waals surface area contributed by atoms with Crippen LogP contribution in [0.5, 0.6) is 0 Å². The zero-order valence-electron chi connectivity index (χ0n) is 10.6. The maximum Gasteiger partial charge on any atom is 0.350 e. The second-order valence-corrected chi connectivity index (χ2v) is 5.05. The molecule has 0 aliphatic heterocycles. The van der Waals surface area contributed by atoms with E-state index in [1.54, 1.807) is 24.4 Å². The molecule has 0 N–H and O–H groups in total. The molecule has 0 bridgehead atoms. The predicted molar refractivity (Wildman–Crippen MR) is 78.0 cm³/mol. The number of hydrogen-bond acceptors (Lipinski definition) is 4. The monoisotopic (exact) mass is 325 g/mol. The Balaban J connectivity index is 1.91. The van der Waals surface area contributed by atoms with Gasteiger partial charge in [-0.05, 0) is 12.1 Å². The number of aromatic nitrogens is 5. The molecule has 7 nitrogen and oxygen atoms in total. The standard InChI is InChI=1S/C12H9Cl2N5O2/c13-8-7-15-18(11(20)10(8)14)5-6-19-12(21)17-4-2-1-3-9(17)16-19/h1-4,7H,5-6H2. The lowest BCUT2D eigenvalue weighted by atomic mass is 10.5. The highest BCUT2D eigenvalue weighted by Crippen LogP contribution is 2.14. The SMILES string of the molecule is O=c1c(Cl)c(Cl)cnn1CCn1nc2ccccn2c1=O. The molecule has 0 aromatic carbocycles. The van der Waals surface area contributed by atoms with E-state index in [0.717, 1.165) is 4.68 Å². The summed E-state index contributed by atoms with van der Waals surface area (Å²) < 4.78 is 3.83. The van der Waals surface area contributed by atoms with Crippen molar-refractivity contribution in [2.24, 2.45) is 0 Å². The van der Waals surface area contributed by atoms with Gasteiger partial charge in [0, 0.05) is 6.20 Å². The molecule has 0 saturated carbocycles. The van der Waals surface area contributed by atoms with Gasteiger partial charge < -0.3 is 0 Å². The molecule has 0 saturated heterocycles. The Bertz CT molecular complexity index is 927. The summed E-state index contributed by atoms with van der Waals surface area (Å²) in [6, 6.07) is 5.25. The van der Waals surface area contributed by atoms with Crippen LogP contribution in [0, 0.1) is 0 Å². The minimum Gasteiger partial charge on any atom is -0.266 e. The molecule has 3 rings (SSSR count). The molecule has 0 fully saturated rings. The van der Waals surface area contributed by atoms with Crippen LogP contribution in [0.4, 0.5) is 0 Å². The zero-order chi connectivity index (χ0) is 15.0. The first-order valence-electron chi connectivity index (χ1n) is 6.03. The van der Waals surface area contributed by atoms with Crippen molar-refractivity contribution in [1.29, 1.82) is 0 Å². The van der Waals surface area contributed by atoms with Gasteiger partial charge in [0.15, 0.2) is 5.65 Å². The van der Waals surface area contributed by atoms with Gasteiger partial charge in [-0.2, -0.15) is 5.10 Å². The Kier molecular flexibility index (Phi) is 3.52. The second-order valence-electron chi connectivity index (χ2n) is 4.27. The van der Waals surface area contributed by atoms with Crippen LogP contribution in [0.1, 0.15) is 0 Å².